The number of benzene rings is 2. The Kier molecular flexibility index (Phi) is 6.02. The molecule has 0 heterocycles. The van der Waals surface area contributed by atoms with Crippen LogP contribution in [-0.2, 0) is 16.0 Å². The predicted molar refractivity (Wildman–Crippen MR) is 93.0 cm³/mol. The summed E-state index contributed by atoms with van der Waals surface area (Å²) in [4.78, 5) is 23.6. The van der Waals surface area contributed by atoms with Gasteiger partial charge < -0.3 is 10.6 Å². The topological polar surface area (TPSA) is 58.2 Å². The van der Waals surface area contributed by atoms with E-state index in [1.165, 1.54) is 0 Å². The first-order valence-corrected chi connectivity index (χ1v) is 7.77. The SMILES string of the molecule is Cc1ccc(NC(=O)CNC(=O)Cc2ccc(Cl)cc2)cc1Cl. The lowest BCUT2D eigenvalue weighted by atomic mass is 10.1. The Balaban J connectivity index is 1.80. The summed E-state index contributed by atoms with van der Waals surface area (Å²) in [5, 5.41) is 6.45. The van der Waals surface area contributed by atoms with Gasteiger partial charge in [0.1, 0.15) is 0 Å². The maximum Gasteiger partial charge on any atom is 0.243 e. The molecule has 0 bridgehead atoms. The van der Waals surface area contributed by atoms with Gasteiger partial charge in [-0.2, -0.15) is 0 Å². The van der Waals surface area contributed by atoms with Crippen LogP contribution >= 0.6 is 23.2 Å². The number of anilines is 1. The van der Waals surface area contributed by atoms with Gasteiger partial charge in [-0.3, -0.25) is 9.59 Å². The number of rotatable bonds is 5. The minimum absolute atomic E-state index is 0.0993. The van der Waals surface area contributed by atoms with Crippen LogP contribution in [0.3, 0.4) is 0 Å². The number of amides is 2. The second-order valence-corrected chi connectivity index (χ2v) is 5.94. The lowest BCUT2D eigenvalue weighted by molar-refractivity contribution is -0.123. The number of nitrogens with one attached hydrogen (secondary N) is 2. The molecule has 0 aliphatic rings. The van der Waals surface area contributed by atoms with Crippen LogP contribution in [0.5, 0.6) is 0 Å². The molecule has 23 heavy (non-hydrogen) atoms. The van der Waals surface area contributed by atoms with Gasteiger partial charge in [0.15, 0.2) is 0 Å². The molecule has 0 spiro atoms. The molecule has 0 aliphatic carbocycles. The van der Waals surface area contributed by atoms with E-state index >= 15 is 0 Å². The lowest BCUT2D eigenvalue weighted by Gasteiger charge is -2.08. The summed E-state index contributed by atoms with van der Waals surface area (Å²) in [6.07, 6.45) is 0.195. The van der Waals surface area contributed by atoms with Crippen molar-refractivity contribution in [2.24, 2.45) is 0 Å². The molecule has 6 heteroatoms. The molecule has 0 saturated carbocycles. The van der Waals surface area contributed by atoms with Crippen molar-refractivity contribution >= 4 is 40.7 Å². The Morgan fingerprint density at radius 3 is 2.35 bits per heavy atom. The standard InChI is InChI=1S/C17H16Cl2N2O2/c1-11-2-7-14(9-15(11)19)21-17(23)10-20-16(22)8-12-3-5-13(18)6-4-12/h2-7,9H,8,10H2,1H3,(H,20,22)(H,21,23). The minimum Gasteiger partial charge on any atom is -0.347 e. The van der Waals surface area contributed by atoms with E-state index in [-0.39, 0.29) is 24.8 Å². The fourth-order valence-corrected chi connectivity index (χ4v) is 2.21. The zero-order valence-electron chi connectivity index (χ0n) is 12.5. The van der Waals surface area contributed by atoms with Gasteiger partial charge in [0.25, 0.3) is 0 Å². The molecule has 0 fully saturated rings. The molecule has 0 saturated heterocycles. The van der Waals surface area contributed by atoms with Crippen molar-refractivity contribution in [1.29, 1.82) is 0 Å². The van der Waals surface area contributed by atoms with Crippen LogP contribution in [0.25, 0.3) is 0 Å². The molecule has 0 aromatic heterocycles. The Morgan fingerprint density at radius 1 is 1.00 bits per heavy atom. The molecule has 2 amide bonds. The van der Waals surface area contributed by atoms with Crippen LogP contribution in [0, 0.1) is 6.92 Å². The van der Waals surface area contributed by atoms with Gasteiger partial charge in [0.2, 0.25) is 11.8 Å². The zero-order chi connectivity index (χ0) is 16.8. The van der Waals surface area contributed by atoms with E-state index in [1.807, 2.05) is 13.0 Å². The third-order valence-corrected chi connectivity index (χ3v) is 3.84. The van der Waals surface area contributed by atoms with E-state index in [4.69, 9.17) is 23.2 Å². The van der Waals surface area contributed by atoms with Gasteiger partial charge >= 0.3 is 0 Å². The molecule has 2 aromatic carbocycles. The van der Waals surface area contributed by atoms with Crippen LogP contribution in [-0.4, -0.2) is 18.4 Å². The summed E-state index contributed by atoms with van der Waals surface area (Å²) >= 11 is 11.8. The molecule has 4 nitrogen and oxygen atoms in total. The maximum atomic E-state index is 11.8. The molecular weight excluding hydrogens is 335 g/mol. The number of carbonyl (C=O) groups excluding carboxylic acids is 2. The molecular formula is C17H16Cl2N2O2. The van der Waals surface area contributed by atoms with Crippen LogP contribution < -0.4 is 10.6 Å². The number of aryl methyl sites for hydroxylation is 1. The molecule has 2 N–H and O–H groups in total. The highest BCUT2D eigenvalue weighted by molar-refractivity contribution is 6.31. The highest BCUT2D eigenvalue weighted by Crippen LogP contribution is 2.19. The quantitative estimate of drug-likeness (QED) is 0.865. The van der Waals surface area contributed by atoms with Crippen molar-refractivity contribution in [3.05, 3.63) is 63.6 Å². The van der Waals surface area contributed by atoms with Crippen LogP contribution in [0.1, 0.15) is 11.1 Å². The average molecular weight is 351 g/mol. The molecule has 120 valence electrons. The molecule has 2 aromatic rings. The fourth-order valence-electron chi connectivity index (χ4n) is 1.90. The smallest absolute Gasteiger partial charge is 0.243 e. The summed E-state index contributed by atoms with van der Waals surface area (Å²) in [7, 11) is 0. The average Bonchev–Trinajstić information content (AvgIpc) is 2.51. The van der Waals surface area contributed by atoms with Crippen LogP contribution in [0.15, 0.2) is 42.5 Å². The number of hydrogen-bond donors (Lipinski definition) is 2. The van der Waals surface area contributed by atoms with Gasteiger partial charge in [-0.05, 0) is 42.3 Å². The summed E-state index contributed by atoms with van der Waals surface area (Å²) in [6, 6.07) is 12.2. The lowest BCUT2D eigenvalue weighted by Crippen LogP contribution is -2.33. The van der Waals surface area contributed by atoms with E-state index in [2.05, 4.69) is 10.6 Å². The van der Waals surface area contributed by atoms with Crippen molar-refractivity contribution in [2.45, 2.75) is 13.3 Å². The fraction of sp³-hybridized carbons (Fsp3) is 0.176. The number of halogens is 2. The third kappa shape index (κ3) is 5.58. The second-order valence-electron chi connectivity index (χ2n) is 5.09. The van der Waals surface area contributed by atoms with Gasteiger partial charge in [0.05, 0.1) is 13.0 Å². The summed E-state index contributed by atoms with van der Waals surface area (Å²) < 4.78 is 0. The van der Waals surface area contributed by atoms with Crippen molar-refractivity contribution in [1.82, 2.24) is 5.32 Å². The first-order chi connectivity index (χ1) is 10.9. The summed E-state index contributed by atoms with van der Waals surface area (Å²) in [6.45, 7) is 1.78. The minimum atomic E-state index is -0.311. The first-order valence-electron chi connectivity index (χ1n) is 7.01. The van der Waals surface area contributed by atoms with Gasteiger partial charge in [0, 0.05) is 15.7 Å². The molecule has 0 radical (unpaired) electrons. The van der Waals surface area contributed by atoms with Gasteiger partial charge in [-0.25, -0.2) is 0 Å². The highest BCUT2D eigenvalue weighted by atomic mass is 35.5. The van der Waals surface area contributed by atoms with Crippen molar-refractivity contribution in [2.75, 3.05) is 11.9 Å². The van der Waals surface area contributed by atoms with Gasteiger partial charge in [-0.15, -0.1) is 0 Å². The summed E-state index contributed by atoms with van der Waals surface area (Å²) in [5.41, 5.74) is 2.36. The highest BCUT2D eigenvalue weighted by Gasteiger charge is 2.08. The third-order valence-electron chi connectivity index (χ3n) is 3.18. The van der Waals surface area contributed by atoms with Crippen molar-refractivity contribution < 1.29 is 9.59 Å². The number of hydrogen-bond acceptors (Lipinski definition) is 2. The van der Waals surface area contributed by atoms with Crippen LogP contribution in [0.4, 0.5) is 5.69 Å². The van der Waals surface area contributed by atoms with E-state index in [9.17, 15) is 9.59 Å². The Labute approximate surface area is 144 Å². The molecule has 0 atom stereocenters. The van der Waals surface area contributed by atoms with Crippen molar-refractivity contribution in [3.63, 3.8) is 0 Å². The monoisotopic (exact) mass is 350 g/mol. The van der Waals surface area contributed by atoms with E-state index < -0.39 is 0 Å². The van der Waals surface area contributed by atoms with Crippen LogP contribution in [0.2, 0.25) is 10.0 Å². The maximum absolute atomic E-state index is 11.8. The second kappa shape index (κ2) is 7.99. The Bertz CT molecular complexity index is 715. The molecule has 0 unspecified atom stereocenters. The Morgan fingerprint density at radius 2 is 1.70 bits per heavy atom. The zero-order valence-corrected chi connectivity index (χ0v) is 14.0. The molecule has 0 aliphatic heterocycles. The number of carbonyl (C=O) groups is 2. The van der Waals surface area contributed by atoms with E-state index in [0.29, 0.717) is 15.7 Å². The Hall–Kier alpha value is -2.04. The predicted octanol–water partition coefficient (Wildman–Crippen LogP) is 3.60. The molecule has 2 rings (SSSR count). The van der Waals surface area contributed by atoms with Gasteiger partial charge in [-0.1, -0.05) is 41.4 Å². The first kappa shape index (κ1) is 17.3. The van der Waals surface area contributed by atoms with E-state index in [1.54, 1.807) is 36.4 Å². The summed E-state index contributed by atoms with van der Waals surface area (Å²) in [5.74, 6) is -0.543. The normalized spacial score (nSPS) is 10.2. The van der Waals surface area contributed by atoms with E-state index in [0.717, 1.165) is 11.1 Å². The van der Waals surface area contributed by atoms with Crippen molar-refractivity contribution in [3.8, 4) is 0 Å². The largest absolute Gasteiger partial charge is 0.347 e.